The molecule has 2 amide bonds. The van der Waals surface area contributed by atoms with Crippen LogP contribution in [0.4, 0.5) is 4.79 Å². The molecule has 1 aliphatic rings. The third kappa shape index (κ3) is 7.99. The Morgan fingerprint density at radius 2 is 2.15 bits per heavy atom. The number of carbonyl (C=O) groups excluding carboxylic acids is 2. The van der Waals surface area contributed by atoms with Gasteiger partial charge in [-0.15, -0.1) is 0 Å². The number of alkyl carbamates (subject to hydrolysis) is 1. The van der Waals surface area contributed by atoms with E-state index in [2.05, 4.69) is 16.0 Å². The van der Waals surface area contributed by atoms with Crippen LogP contribution in [0.5, 0.6) is 0 Å². The number of nitrogens with one attached hydrogen (secondary N) is 3. The highest BCUT2D eigenvalue weighted by molar-refractivity contribution is 5.76. The molecule has 116 valence electrons. The van der Waals surface area contributed by atoms with Gasteiger partial charge in [-0.3, -0.25) is 4.79 Å². The molecule has 6 nitrogen and oxygen atoms in total. The van der Waals surface area contributed by atoms with Crippen LogP contribution < -0.4 is 16.0 Å². The average molecular weight is 285 g/mol. The number of hydrogen-bond acceptors (Lipinski definition) is 4. The van der Waals surface area contributed by atoms with Crippen molar-refractivity contribution in [1.82, 2.24) is 16.0 Å². The maximum absolute atomic E-state index is 11.4. The molecule has 1 fully saturated rings. The zero-order chi connectivity index (χ0) is 15.0. The van der Waals surface area contributed by atoms with Gasteiger partial charge in [-0.1, -0.05) is 0 Å². The predicted octanol–water partition coefficient (Wildman–Crippen LogP) is 1.16. The molecule has 1 saturated heterocycles. The molecule has 0 aromatic heterocycles. The maximum atomic E-state index is 11.4. The van der Waals surface area contributed by atoms with E-state index in [-0.39, 0.29) is 18.0 Å². The van der Waals surface area contributed by atoms with Crippen LogP contribution in [0.1, 0.15) is 46.5 Å². The van der Waals surface area contributed by atoms with Crippen molar-refractivity contribution >= 4 is 12.0 Å². The van der Waals surface area contributed by atoms with Gasteiger partial charge in [0.1, 0.15) is 5.60 Å². The first kappa shape index (κ1) is 16.8. The Bertz CT molecular complexity index is 326. The van der Waals surface area contributed by atoms with Crippen LogP contribution in [0.15, 0.2) is 0 Å². The molecule has 0 aliphatic carbocycles. The van der Waals surface area contributed by atoms with Crippen LogP contribution in [-0.4, -0.2) is 43.3 Å². The molecule has 0 saturated carbocycles. The van der Waals surface area contributed by atoms with Crippen molar-refractivity contribution in [2.24, 2.45) is 0 Å². The fourth-order valence-corrected chi connectivity index (χ4v) is 2.05. The Balaban J connectivity index is 2.07. The van der Waals surface area contributed by atoms with E-state index in [0.717, 1.165) is 32.4 Å². The van der Waals surface area contributed by atoms with E-state index in [1.807, 2.05) is 20.8 Å². The number of amides is 2. The molecule has 1 rings (SSSR count). The molecular weight excluding hydrogens is 258 g/mol. The lowest BCUT2D eigenvalue weighted by atomic mass is 10.1. The Hall–Kier alpha value is -1.30. The van der Waals surface area contributed by atoms with E-state index in [1.165, 1.54) is 0 Å². The largest absolute Gasteiger partial charge is 0.444 e. The number of carbonyl (C=O) groups is 2. The van der Waals surface area contributed by atoms with Crippen molar-refractivity contribution < 1.29 is 14.3 Å². The molecule has 3 N–H and O–H groups in total. The smallest absolute Gasteiger partial charge is 0.407 e. The van der Waals surface area contributed by atoms with Gasteiger partial charge in [0.15, 0.2) is 0 Å². The summed E-state index contributed by atoms with van der Waals surface area (Å²) in [6.07, 6.45) is 3.00. The van der Waals surface area contributed by atoms with Gasteiger partial charge in [0.2, 0.25) is 5.91 Å². The van der Waals surface area contributed by atoms with E-state index in [0.29, 0.717) is 13.0 Å². The first-order valence-electron chi connectivity index (χ1n) is 7.34. The lowest BCUT2D eigenvalue weighted by Gasteiger charge is -2.20. The molecule has 0 aromatic rings. The highest BCUT2D eigenvalue weighted by Crippen LogP contribution is 2.07. The number of hydrogen-bond donors (Lipinski definition) is 3. The van der Waals surface area contributed by atoms with Gasteiger partial charge < -0.3 is 20.7 Å². The third-order valence-electron chi connectivity index (χ3n) is 2.94. The van der Waals surface area contributed by atoms with Crippen molar-refractivity contribution in [3.63, 3.8) is 0 Å². The van der Waals surface area contributed by atoms with Crippen molar-refractivity contribution in [3.8, 4) is 0 Å². The normalized spacial score (nSPS) is 19.9. The van der Waals surface area contributed by atoms with Crippen molar-refractivity contribution in [3.05, 3.63) is 0 Å². The summed E-state index contributed by atoms with van der Waals surface area (Å²) in [5, 5.41) is 8.94. The summed E-state index contributed by atoms with van der Waals surface area (Å²) in [4.78, 5) is 22.8. The summed E-state index contributed by atoms with van der Waals surface area (Å²) in [5.74, 6) is 0.117. The Morgan fingerprint density at radius 3 is 2.85 bits per heavy atom. The van der Waals surface area contributed by atoms with Gasteiger partial charge in [0.05, 0.1) is 0 Å². The summed E-state index contributed by atoms with van der Waals surface area (Å²) in [6, 6.07) is 0.249. The lowest BCUT2D eigenvalue weighted by molar-refractivity contribution is -0.121. The minimum absolute atomic E-state index is 0.117. The van der Waals surface area contributed by atoms with Gasteiger partial charge in [-0.05, 0) is 46.6 Å². The maximum Gasteiger partial charge on any atom is 0.407 e. The van der Waals surface area contributed by atoms with Crippen molar-refractivity contribution in [2.75, 3.05) is 19.6 Å². The molecule has 20 heavy (non-hydrogen) atoms. The molecule has 1 heterocycles. The highest BCUT2D eigenvalue weighted by atomic mass is 16.6. The standard InChI is InChI=1S/C14H27N3O3/c1-14(2,3)20-13(19)17-9-5-8-15-11-6-4-7-16-12(18)10-11/h11,15H,4-10H2,1-3H3,(H,16,18)(H,17,19). The van der Waals surface area contributed by atoms with Gasteiger partial charge >= 0.3 is 6.09 Å². The van der Waals surface area contributed by atoms with Crippen LogP contribution in [0, 0.1) is 0 Å². The van der Waals surface area contributed by atoms with Crippen LogP contribution >= 0.6 is 0 Å². The second-order valence-electron chi connectivity index (χ2n) is 6.13. The van der Waals surface area contributed by atoms with Gasteiger partial charge in [-0.25, -0.2) is 4.79 Å². The number of ether oxygens (including phenoxy) is 1. The molecule has 0 radical (unpaired) electrons. The van der Waals surface area contributed by atoms with E-state index >= 15 is 0 Å². The van der Waals surface area contributed by atoms with E-state index in [4.69, 9.17) is 4.74 Å². The predicted molar refractivity (Wildman–Crippen MR) is 77.5 cm³/mol. The molecule has 1 unspecified atom stereocenters. The van der Waals surface area contributed by atoms with Crippen molar-refractivity contribution in [2.45, 2.75) is 58.1 Å². The zero-order valence-electron chi connectivity index (χ0n) is 12.8. The Kier molecular flexibility index (Phi) is 6.78. The first-order valence-corrected chi connectivity index (χ1v) is 7.34. The third-order valence-corrected chi connectivity index (χ3v) is 2.94. The summed E-state index contributed by atoms with van der Waals surface area (Å²) >= 11 is 0. The average Bonchev–Trinajstić information content (AvgIpc) is 2.51. The van der Waals surface area contributed by atoms with Crippen molar-refractivity contribution in [1.29, 1.82) is 0 Å². The molecular formula is C14H27N3O3. The van der Waals surface area contributed by atoms with Gasteiger partial charge in [0, 0.05) is 25.6 Å². The van der Waals surface area contributed by atoms with Crippen LogP contribution in [0.25, 0.3) is 0 Å². The molecule has 1 atom stereocenters. The minimum atomic E-state index is -0.462. The minimum Gasteiger partial charge on any atom is -0.444 e. The van der Waals surface area contributed by atoms with Gasteiger partial charge in [-0.2, -0.15) is 0 Å². The van der Waals surface area contributed by atoms with E-state index in [9.17, 15) is 9.59 Å². The SMILES string of the molecule is CC(C)(C)OC(=O)NCCCNC1CCCNC(=O)C1. The summed E-state index contributed by atoms with van der Waals surface area (Å²) in [7, 11) is 0. The Morgan fingerprint density at radius 1 is 1.40 bits per heavy atom. The van der Waals surface area contributed by atoms with Gasteiger partial charge in [0.25, 0.3) is 0 Å². The summed E-state index contributed by atoms with van der Waals surface area (Å²) in [6.45, 7) is 7.65. The van der Waals surface area contributed by atoms with Crippen LogP contribution in [-0.2, 0) is 9.53 Å². The Labute approximate surface area is 121 Å². The monoisotopic (exact) mass is 285 g/mol. The van der Waals surface area contributed by atoms with E-state index in [1.54, 1.807) is 0 Å². The second kappa shape index (κ2) is 8.09. The topological polar surface area (TPSA) is 79.5 Å². The quantitative estimate of drug-likeness (QED) is 0.662. The van der Waals surface area contributed by atoms with E-state index < -0.39 is 5.60 Å². The molecule has 0 bridgehead atoms. The molecule has 0 aromatic carbocycles. The molecule has 6 heteroatoms. The summed E-state index contributed by atoms with van der Waals surface area (Å²) < 4.78 is 5.14. The summed E-state index contributed by atoms with van der Waals surface area (Å²) in [5.41, 5.74) is -0.462. The molecule has 0 spiro atoms. The lowest BCUT2D eigenvalue weighted by Crippen LogP contribution is -2.36. The fourth-order valence-electron chi connectivity index (χ4n) is 2.05. The highest BCUT2D eigenvalue weighted by Gasteiger charge is 2.17. The fraction of sp³-hybridized carbons (Fsp3) is 0.857. The molecule has 1 aliphatic heterocycles. The first-order chi connectivity index (χ1) is 9.37. The number of rotatable bonds is 5. The zero-order valence-corrected chi connectivity index (χ0v) is 12.8. The van der Waals surface area contributed by atoms with Crippen LogP contribution in [0.2, 0.25) is 0 Å². The van der Waals surface area contributed by atoms with Crippen LogP contribution in [0.3, 0.4) is 0 Å². The second-order valence-corrected chi connectivity index (χ2v) is 6.13.